The molecule has 1 rings (SSSR count). The minimum absolute atomic E-state index is 0.0717. The van der Waals surface area contributed by atoms with Gasteiger partial charge in [-0.1, -0.05) is 11.6 Å². The Labute approximate surface area is 107 Å². The Morgan fingerprint density at radius 1 is 1.39 bits per heavy atom. The van der Waals surface area contributed by atoms with Crippen molar-refractivity contribution in [3.8, 4) is 0 Å². The summed E-state index contributed by atoms with van der Waals surface area (Å²) in [5.74, 6) is 0. The van der Waals surface area contributed by atoms with Crippen LogP contribution in [0.4, 0.5) is 18.9 Å². The summed E-state index contributed by atoms with van der Waals surface area (Å²) in [5.41, 5.74) is 6.06. The van der Waals surface area contributed by atoms with Crippen molar-refractivity contribution in [2.24, 2.45) is 0 Å². The molecule has 4 nitrogen and oxygen atoms in total. The van der Waals surface area contributed by atoms with Crippen LogP contribution in [0.1, 0.15) is 5.56 Å². The Bertz CT molecular complexity index is 534. The summed E-state index contributed by atoms with van der Waals surface area (Å²) in [6.07, 6.45) is -4.63. The minimum atomic E-state index is -4.63. The average molecular weight is 303 g/mol. The molecule has 0 aromatic heterocycles. The van der Waals surface area contributed by atoms with Crippen molar-refractivity contribution in [2.45, 2.75) is 18.0 Å². The Kier molecular flexibility index (Phi) is 4.14. The zero-order valence-corrected chi connectivity index (χ0v) is 10.7. The number of sulfonamides is 1. The molecule has 9 heteroatoms. The highest BCUT2D eigenvalue weighted by Crippen LogP contribution is 2.26. The predicted octanol–water partition coefficient (Wildman–Crippen LogP) is 2.07. The van der Waals surface area contributed by atoms with Gasteiger partial charge in [0.1, 0.15) is 6.54 Å². The summed E-state index contributed by atoms with van der Waals surface area (Å²) < 4.78 is 60.4. The summed E-state index contributed by atoms with van der Waals surface area (Å²) in [4.78, 5) is -0.403. The molecule has 0 amide bonds. The van der Waals surface area contributed by atoms with Crippen LogP contribution in [0.5, 0.6) is 0 Å². The number of nitrogens with one attached hydrogen (secondary N) is 1. The van der Waals surface area contributed by atoms with Gasteiger partial charge in [-0.3, -0.25) is 0 Å². The molecule has 0 atom stereocenters. The quantitative estimate of drug-likeness (QED) is 0.840. The third kappa shape index (κ3) is 3.76. The fraction of sp³-hybridized carbons (Fsp3) is 0.333. The molecule has 0 saturated heterocycles. The summed E-state index contributed by atoms with van der Waals surface area (Å²) >= 11 is 5.72. The maximum atomic E-state index is 11.9. The molecular formula is C9H10ClF3N2O2S. The summed E-state index contributed by atoms with van der Waals surface area (Å²) in [6.45, 7) is -0.0854. The monoisotopic (exact) mass is 302 g/mol. The van der Waals surface area contributed by atoms with Crippen molar-refractivity contribution in [1.82, 2.24) is 4.72 Å². The molecule has 0 heterocycles. The van der Waals surface area contributed by atoms with Crippen molar-refractivity contribution in [2.75, 3.05) is 12.3 Å². The standard InChI is InChI=1S/C9H10ClF3N2O2S/c1-5-7(10)2-6(3-8(5)14)18(16,17)15-4-9(11,12)13/h2-3,15H,4,14H2,1H3. The molecule has 0 fully saturated rings. The highest BCUT2D eigenvalue weighted by Gasteiger charge is 2.30. The van der Waals surface area contributed by atoms with E-state index in [1.807, 2.05) is 0 Å². The maximum Gasteiger partial charge on any atom is 0.402 e. The molecule has 0 spiro atoms. The molecule has 0 aliphatic rings. The number of halogens is 4. The van der Waals surface area contributed by atoms with Crippen molar-refractivity contribution in [3.63, 3.8) is 0 Å². The van der Waals surface area contributed by atoms with Crippen LogP contribution in [0.25, 0.3) is 0 Å². The first kappa shape index (κ1) is 15.1. The molecule has 1 aromatic rings. The van der Waals surface area contributed by atoms with E-state index in [1.165, 1.54) is 4.72 Å². The van der Waals surface area contributed by atoms with E-state index in [9.17, 15) is 21.6 Å². The summed E-state index contributed by atoms with van der Waals surface area (Å²) in [5, 5.41) is 0.0717. The second kappa shape index (κ2) is 4.94. The highest BCUT2D eigenvalue weighted by atomic mass is 35.5. The first-order valence-corrected chi connectivity index (χ1v) is 6.51. The zero-order valence-electron chi connectivity index (χ0n) is 9.18. The number of rotatable bonds is 3. The SMILES string of the molecule is Cc1c(N)cc(S(=O)(=O)NCC(F)(F)F)cc1Cl. The third-order valence-corrected chi connectivity index (χ3v) is 3.90. The van der Waals surface area contributed by atoms with E-state index in [2.05, 4.69) is 0 Å². The molecule has 1 aromatic carbocycles. The van der Waals surface area contributed by atoms with Crippen molar-refractivity contribution < 1.29 is 21.6 Å². The minimum Gasteiger partial charge on any atom is -0.398 e. The Morgan fingerprint density at radius 2 is 1.94 bits per heavy atom. The lowest BCUT2D eigenvalue weighted by Gasteiger charge is -2.11. The molecule has 3 N–H and O–H groups in total. The summed E-state index contributed by atoms with van der Waals surface area (Å²) in [7, 11) is -4.29. The van der Waals surface area contributed by atoms with Gasteiger partial charge in [-0.2, -0.15) is 13.2 Å². The fourth-order valence-electron chi connectivity index (χ4n) is 1.09. The van der Waals surface area contributed by atoms with Crippen LogP contribution in [-0.2, 0) is 10.0 Å². The maximum absolute atomic E-state index is 11.9. The van der Waals surface area contributed by atoms with Crippen LogP contribution in [0.3, 0.4) is 0 Å². The Morgan fingerprint density at radius 3 is 2.39 bits per heavy atom. The van der Waals surface area contributed by atoms with Gasteiger partial charge in [-0.05, 0) is 24.6 Å². The third-order valence-electron chi connectivity index (χ3n) is 2.13. The van der Waals surface area contributed by atoms with Crippen LogP contribution in [0, 0.1) is 6.92 Å². The smallest absolute Gasteiger partial charge is 0.398 e. The topological polar surface area (TPSA) is 72.2 Å². The number of hydrogen-bond donors (Lipinski definition) is 2. The largest absolute Gasteiger partial charge is 0.402 e. The molecule has 18 heavy (non-hydrogen) atoms. The van der Waals surface area contributed by atoms with Crippen molar-refractivity contribution in [1.29, 1.82) is 0 Å². The second-order valence-corrected chi connectivity index (χ2v) is 5.73. The number of benzene rings is 1. The molecule has 0 radical (unpaired) electrons. The number of hydrogen-bond acceptors (Lipinski definition) is 3. The van der Waals surface area contributed by atoms with Crippen LogP contribution >= 0.6 is 11.6 Å². The number of nitrogens with two attached hydrogens (primary N) is 1. The molecule has 0 saturated carbocycles. The lowest BCUT2D eigenvalue weighted by atomic mass is 10.2. The first-order chi connectivity index (χ1) is 8.03. The number of alkyl halides is 3. The van der Waals surface area contributed by atoms with Crippen LogP contribution in [-0.4, -0.2) is 21.1 Å². The average Bonchev–Trinajstić information content (AvgIpc) is 2.21. The van der Waals surface area contributed by atoms with E-state index < -0.39 is 27.6 Å². The Balaban J connectivity index is 3.07. The number of anilines is 1. The summed E-state index contributed by atoms with van der Waals surface area (Å²) in [6, 6.07) is 2.10. The number of nitrogen functional groups attached to an aromatic ring is 1. The van der Waals surface area contributed by atoms with E-state index in [4.69, 9.17) is 17.3 Å². The van der Waals surface area contributed by atoms with Gasteiger partial charge in [-0.25, -0.2) is 13.1 Å². The van der Waals surface area contributed by atoms with Gasteiger partial charge in [0, 0.05) is 10.7 Å². The Hall–Kier alpha value is -0.990. The van der Waals surface area contributed by atoms with Crippen molar-refractivity contribution >= 4 is 27.3 Å². The lowest BCUT2D eigenvalue weighted by molar-refractivity contribution is -0.121. The second-order valence-electron chi connectivity index (χ2n) is 3.56. The van der Waals surface area contributed by atoms with E-state index in [0.717, 1.165) is 12.1 Å². The molecule has 0 aliphatic carbocycles. The predicted molar refractivity (Wildman–Crippen MR) is 61.8 cm³/mol. The van der Waals surface area contributed by atoms with E-state index in [1.54, 1.807) is 6.92 Å². The first-order valence-electron chi connectivity index (χ1n) is 4.65. The van der Waals surface area contributed by atoms with Gasteiger partial charge >= 0.3 is 6.18 Å². The molecule has 0 aliphatic heterocycles. The van der Waals surface area contributed by atoms with Crippen LogP contribution in [0.15, 0.2) is 17.0 Å². The van der Waals surface area contributed by atoms with Gasteiger partial charge in [0.25, 0.3) is 0 Å². The molecule has 102 valence electrons. The zero-order chi connectivity index (χ0) is 14.1. The highest BCUT2D eigenvalue weighted by molar-refractivity contribution is 7.89. The van der Waals surface area contributed by atoms with E-state index >= 15 is 0 Å². The van der Waals surface area contributed by atoms with Gasteiger partial charge in [-0.15, -0.1) is 0 Å². The van der Waals surface area contributed by atoms with Crippen LogP contribution < -0.4 is 10.5 Å². The molecule has 0 bridgehead atoms. The van der Waals surface area contributed by atoms with Gasteiger partial charge < -0.3 is 5.73 Å². The van der Waals surface area contributed by atoms with Crippen molar-refractivity contribution in [3.05, 3.63) is 22.7 Å². The van der Waals surface area contributed by atoms with E-state index in [-0.39, 0.29) is 10.7 Å². The lowest BCUT2D eigenvalue weighted by Crippen LogP contribution is -2.33. The van der Waals surface area contributed by atoms with Gasteiger partial charge in [0.15, 0.2) is 0 Å². The normalized spacial score (nSPS) is 12.7. The van der Waals surface area contributed by atoms with Crippen LogP contribution in [0.2, 0.25) is 5.02 Å². The molecular weight excluding hydrogens is 293 g/mol. The van der Waals surface area contributed by atoms with Gasteiger partial charge in [0.2, 0.25) is 10.0 Å². The fourth-order valence-corrected chi connectivity index (χ4v) is 2.46. The van der Waals surface area contributed by atoms with Gasteiger partial charge in [0.05, 0.1) is 4.90 Å². The van der Waals surface area contributed by atoms with E-state index in [0.29, 0.717) is 5.56 Å². The molecule has 0 unspecified atom stereocenters.